The Kier molecular flexibility index (Phi) is 4.48. The molecule has 0 fully saturated rings. The number of carbonyl (C=O) groups excluding carboxylic acids is 1. The molecule has 0 spiro atoms. The van der Waals surface area contributed by atoms with Gasteiger partial charge in [0.1, 0.15) is 5.58 Å². The van der Waals surface area contributed by atoms with E-state index in [9.17, 15) is 13.2 Å². The molecule has 1 aliphatic heterocycles. The van der Waals surface area contributed by atoms with Crippen LogP contribution in [0.25, 0.3) is 11.0 Å². The Balaban J connectivity index is 1.45. The van der Waals surface area contributed by atoms with Crippen LogP contribution in [-0.2, 0) is 40.5 Å². The van der Waals surface area contributed by atoms with Crippen molar-refractivity contribution in [3.63, 3.8) is 0 Å². The third-order valence-corrected chi connectivity index (χ3v) is 8.05. The number of amides is 1. The van der Waals surface area contributed by atoms with Crippen molar-refractivity contribution in [3.8, 4) is 0 Å². The Labute approximate surface area is 176 Å². The minimum Gasteiger partial charge on any atom is -0.464 e. The van der Waals surface area contributed by atoms with Crippen LogP contribution in [-0.4, -0.2) is 39.3 Å². The minimum atomic E-state index is -3.55. The van der Waals surface area contributed by atoms with E-state index in [4.69, 9.17) is 4.42 Å². The molecule has 0 atom stereocenters. The zero-order chi connectivity index (χ0) is 21.0. The van der Waals surface area contributed by atoms with Gasteiger partial charge in [0.15, 0.2) is 0 Å². The summed E-state index contributed by atoms with van der Waals surface area (Å²) in [6, 6.07) is 9.33. The van der Waals surface area contributed by atoms with Crippen molar-refractivity contribution in [1.29, 1.82) is 0 Å². The summed E-state index contributed by atoms with van der Waals surface area (Å²) in [5.41, 5.74) is 6.10. The van der Waals surface area contributed by atoms with Crippen molar-refractivity contribution >= 4 is 32.6 Å². The van der Waals surface area contributed by atoms with E-state index < -0.39 is 10.0 Å². The monoisotopic (exact) mass is 424 g/mol. The second kappa shape index (κ2) is 6.96. The van der Waals surface area contributed by atoms with E-state index in [0.717, 1.165) is 41.4 Å². The van der Waals surface area contributed by atoms with Crippen LogP contribution in [0.2, 0.25) is 0 Å². The van der Waals surface area contributed by atoms with Crippen LogP contribution < -0.4 is 4.90 Å². The average Bonchev–Trinajstić information content (AvgIpc) is 3.43. The second-order valence-corrected chi connectivity index (χ2v) is 10.4. The number of carbonyl (C=O) groups is 1. The van der Waals surface area contributed by atoms with E-state index in [1.807, 2.05) is 6.07 Å². The molecule has 156 valence electrons. The van der Waals surface area contributed by atoms with Crippen LogP contribution in [0.15, 0.2) is 45.9 Å². The Morgan fingerprint density at radius 1 is 1.07 bits per heavy atom. The smallest absolute Gasteiger partial charge is 0.242 e. The number of benzene rings is 2. The van der Waals surface area contributed by atoms with Crippen molar-refractivity contribution in [2.24, 2.45) is 0 Å². The fourth-order valence-electron chi connectivity index (χ4n) is 4.53. The molecular weight excluding hydrogens is 400 g/mol. The van der Waals surface area contributed by atoms with Crippen LogP contribution in [0.1, 0.15) is 28.7 Å². The number of furan rings is 1. The molecule has 7 heteroatoms. The van der Waals surface area contributed by atoms with Gasteiger partial charge in [-0.2, -0.15) is 0 Å². The van der Waals surface area contributed by atoms with Gasteiger partial charge >= 0.3 is 0 Å². The number of aryl methyl sites for hydroxylation is 2. The third kappa shape index (κ3) is 3.04. The maximum absolute atomic E-state index is 13.2. The van der Waals surface area contributed by atoms with Gasteiger partial charge in [-0.1, -0.05) is 6.07 Å². The highest BCUT2D eigenvalue weighted by molar-refractivity contribution is 7.89. The zero-order valence-corrected chi connectivity index (χ0v) is 18.0. The summed E-state index contributed by atoms with van der Waals surface area (Å²) in [6.45, 7) is 0.560. The quantitative estimate of drug-likeness (QED) is 0.644. The summed E-state index contributed by atoms with van der Waals surface area (Å²) in [5.74, 6) is -0.0450. The minimum absolute atomic E-state index is 0.0450. The molecular formula is C23H24N2O4S. The lowest BCUT2D eigenvalue weighted by Gasteiger charge is -2.19. The molecule has 1 aromatic heterocycles. The van der Waals surface area contributed by atoms with E-state index >= 15 is 0 Å². The summed E-state index contributed by atoms with van der Waals surface area (Å²) in [5, 5.41) is 1.01. The zero-order valence-electron chi connectivity index (χ0n) is 17.1. The number of anilines is 1. The normalized spacial score (nSPS) is 15.8. The second-order valence-electron chi connectivity index (χ2n) is 8.28. The van der Waals surface area contributed by atoms with Crippen molar-refractivity contribution in [3.05, 3.63) is 58.8 Å². The summed E-state index contributed by atoms with van der Waals surface area (Å²) < 4.78 is 32.0. The molecule has 0 bridgehead atoms. The van der Waals surface area contributed by atoms with Crippen LogP contribution >= 0.6 is 0 Å². The van der Waals surface area contributed by atoms with Crippen molar-refractivity contribution < 1.29 is 17.6 Å². The van der Waals surface area contributed by atoms with Gasteiger partial charge in [-0.3, -0.25) is 4.79 Å². The fraction of sp³-hybridized carbons (Fsp3) is 0.348. The van der Waals surface area contributed by atoms with Crippen molar-refractivity contribution in [2.75, 3.05) is 25.5 Å². The Morgan fingerprint density at radius 2 is 1.83 bits per heavy atom. The summed E-state index contributed by atoms with van der Waals surface area (Å²) in [4.78, 5) is 15.1. The number of rotatable bonds is 4. The van der Waals surface area contributed by atoms with E-state index in [0.29, 0.717) is 12.2 Å². The van der Waals surface area contributed by atoms with Gasteiger partial charge in [-0.25, -0.2) is 12.7 Å². The SMILES string of the molecule is CN(C)S(=O)(=O)c1ccc2c(c1)N(C(=O)Cc1coc3cc4c(cc13)CCC4)CC2. The van der Waals surface area contributed by atoms with Gasteiger partial charge in [-0.15, -0.1) is 0 Å². The highest BCUT2D eigenvalue weighted by atomic mass is 32.2. The predicted octanol–water partition coefficient (Wildman–Crippen LogP) is 3.30. The maximum atomic E-state index is 13.2. The molecule has 2 aromatic carbocycles. The van der Waals surface area contributed by atoms with Crippen molar-refractivity contribution in [2.45, 2.75) is 37.0 Å². The van der Waals surface area contributed by atoms with E-state index in [1.165, 1.54) is 35.9 Å². The molecule has 0 unspecified atom stereocenters. The van der Waals surface area contributed by atoms with Crippen LogP contribution in [0.4, 0.5) is 5.69 Å². The number of hydrogen-bond acceptors (Lipinski definition) is 4. The lowest BCUT2D eigenvalue weighted by atomic mass is 10.0. The molecule has 0 N–H and O–H groups in total. The summed E-state index contributed by atoms with van der Waals surface area (Å²) >= 11 is 0. The Morgan fingerprint density at radius 3 is 2.60 bits per heavy atom. The van der Waals surface area contributed by atoms with Gasteiger partial charge in [0.2, 0.25) is 15.9 Å². The van der Waals surface area contributed by atoms with Crippen LogP contribution in [0.5, 0.6) is 0 Å². The predicted molar refractivity (Wildman–Crippen MR) is 115 cm³/mol. The van der Waals surface area contributed by atoms with Gasteiger partial charge < -0.3 is 9.32 Å². The number of fused-ring (bicyclic) bond motifs is 3. The molecule has 1 aliphatic carbocycles. The molecule has 0 saturated carbocycles. The summed E-state index contributed by atoms with van der Waals surface area (Å²) in [6.07, 6.45) is 5.97. The number of hydrogen-bond donors (Lipinski definition) is 0. The standard InChI is InChI=1S/C23H24N2O4S/c1-24(2)30(27,28)19-7-6-15-8-9-25(21(15)13-19)23(26)12-18-14-29-22-11-17-5-3-4-16(17)10-20(18)22/h6-7,10-11,13-14H,3-5,8-9,12H2,1-2H3. The third-order valence-electron chi connectivity index (χ3n) is 6.24. The molecule has 0 saturated heterocycles. The number of nitrogens with zero attached hydrogens (tertiary/aromatic N) is 2. The van der Waals surface area contributed by atoms with E-state index in [-0.39, 0.29) is 17.2 Å². The Hall–Kier alpha value is -2.64. The lowest BCUT2D eigenvalue weighted by molar-refractivity contribution is -0.117. The van der Waals surface area contributed by atoms with Gasteiger partial charge in [0.05, 0.1) is 17.6 Å². The maximum Gasteiger partial charge on any atom is 0.242 e. The largest absolute Gasteiger partial charge is 0.464 e. The molecule has 30 heavy (non-hydrogen) atoms. The van der Waals surface area contributed by atoms with E-state index in [1.54, 1.807) is 23.3 Å². The fourth-order valence-corrected chi connectivity index (χ4v) is 5.45. The first-order valence-electron chi connectivity index (χ1n) is 10.2. The first-order valence-corrected chi connectivity index (χ1v) is 11.7. The van der Waals surface area contributed by atoms with Crippen molar-refractivity contribution in [1.82, 2.24) is 4.31 Å². The van der Waals surface area contributed by atoms with Crippen LogP contribution in [0, 0.1) is 0 Å². The first-order chi connectivity index (χ1) is 14.3. The first kappa shape index (κ1) is 19.3. The molecule has 6 nitrogen and oxygen atoms in total. The number of sulfonamides is 1. The molecule has 2 aliphatic rings. The summed E-state index contributed by atoms with van der Waals surface area (Å²) in [7, 11) is -0.539. The molecule has 2 heterocycles. The molecule has 0 radical (unpaired) electrons. The van der Waals surface area contributed by atoms with Crippen LogP contribution in [0.3, 0.4) is 0 Å². The highest BCUT2D eigenvalue weighted by Gasteiger charge is 2.28. The average molecular weight is 425 g/mol. The molecule has 3 aromatic rings. The lowest BCUT2D eigenvalue weighted by Crippen LogP contribution is -2.30. The van der Waals surface area contributed by atoms with Gasteiger partial charge in [0, 0.05) is 37.3 Å². The molecule has 1 amide bonds. The highest BCUT2D eigenvalue weighted by Crippen LogP contribution is 2.34. The van der Waals surface area contributed by atoms with Gasteiger partial charge in [-0.05, 0) is 66.6 Å². The topological polar surface area (TPSA) is 70.8 Å². The van der Waals surface area contributed by atoms with E-state index in [2.05, 4.69) is 12.1 Å². The van der Waals surface area contributed by atoms with Gasteiger partial charge in [0.25, 0.3) is 0 Å². The molecule has 5 rings (SSSR count). The Bertz CT molecular complexity index is 1270.